The van der Waals surface area contributed by atoms with Gasteiger partial charge >= 0.3 is 7.12 Å². The summed E-state index contributed by atoms with van der Waals surface area (Å²) >= 11 is 0. The maximum atomic E-state index is 14.8. The van der Waals surface area contributed by atoms with E-state index in [0.29, 0.717) is 29.6 Å². The van der Waals surface area contributed by atoms with E-state index in [-0.39, 0.29) is 0 Å². The summed E-state index contributed by atoms with van der Waals surface area (Å²) in [6, 6.07) is 8.35. The highest BCUT2D eigenvalue weighted by atomic mass is 19.1. The predicted molar refractivity (Wildman–Crippen MR) is 149 cm³/mol. The SMILES string of the molecule is C[C@H](c1cccc(-c2ncc(OCC3CCNCC3)cn2)c1)n1cc(B2OC(C)(C)C(C)(C)O2)cc(F)c1=O. The minimum absolute atomic E-state index is 0.456. The van der Waals surface area contributed by atoms with Crippen molar-refractivity contribution < 1.29 is 18.4 Å². The van der Waals surface area contributed by atoms with Gasteiger partial charge < -0.3 is 23.9 Å². The van der Waals surface area contributed by atoms with E-state index in [2.05, 4.69) is 15.3 Å². The number of rotatable bonds is 7. The summed E-state index contributed by atoms with van der Waals surface area (Å²) in [6.45, 7) is 12.3. The van der Waals surface area contributed by atoms with Gasteiger partial charge in [-0.05, 0) is 84.2 Å². The van der Waals surface area contributed by atoms with Gasteiger partial charge in [-0.25, -0.2) is 14.4 Å². The second kappa shape index (κ2) is 10.8. The van der Waals surface area contributed by atoms with Crippen LogP contribution < -0.4 is 21.1 Å². The Morgan fingerprint density at radius 1 is 1.13 bits per heavy atom. The Morgan fingerprint density at radius 2 is 1.79 bits per heavy atom. The molecule has 4 heterocycles. The summed E-state index contributed by atoms with van der Waals surface area (Å²) in [6.07, 6.45) is 7.21. The molecule has 1 N–H and O–H groups in total. The van der Waals surface area contributed by atoms with Crippen LogP contribution in [0.3, 0.4) is 0 Å². The van der Waals surface area contributed by atoms with E-state index in [9.17, 15) is 9.18 Å². The van der Waals surface area contributed by atoms with Crippen molar-refractivity contribution >= 4 is 12.6 Å². The van der Waals surface area contributed by atoms with Crippen molar-refractivity contribution in [2.45, 2.75) is 64.7 Å². The monoisotopic (exact) mass is 534 g/mol. The fraction of sp³-hybridized carbons (Fsp3) is 0.483. The molecule has 5 rings (SSSR count). The normalized spacial score (nSPS) is 19.7. The topological polar surface area (TPSA) is 87.5 Å². The molecule has 2 saturated heterocycles. The second-order valence-electron chi connectivity index (χ2n) is 11.5. The zero-order chi connectivity index (χ0) is 27.8. The molecule has 0 unspecified atom stereocenters. The molecule has 2 aromatic heterocycles. The third-order valence-corrected chi connectivity index (χ3v) is 8.16. The average molecular weight is 534 g/mol. The molecule has 206 valence electrons. The molecule has 3 aromatic rings. The number of pyridine rings is 1. The van der Waals surface area contributed by atoms with E-state index in [0.717, 1.165) is 37.1 Å². The average Bonchev–Trinajstić information content (AvgIpc) is 3.16. The van der Waals surface area contributed by atoms with E-state index in [1.165, 1.54) is 10.6 Å². The van der Waals surface area contributed by atoms with Crippen LogP contribution in [0.5, 0.6) is 5.75 Å². The summed E-state index contributed by atoms with van der Waals surface area (Å²) in [5, 5.41) is 3.36. The number of benzene rings is 1. The Labute approximate surface area is 229 Å². The summed E-state index contributed by atoms with van der Waals surface area (Å²) in [5.74, 6) is 0.875. The molecule has 0 radical (unpaired) electrons. The molecule has 0 aliphatic carbocycles. The van der Waals surface area contributed by atoms with Crippen LogP contribution in [0.4, 0.5) is 4.39 Å². The van der Waals surface area contributed by atoms with Gasteiger partial charge in [0.05, 0.1) is 36.2 Å². The number of nitrogens with zero attached hydrogens (tertiary/aromatic N) is 3. The summed E-state index contributed by atoms with van der Waals surface area (Å²) in [4.78, 5) is 21.8. The Kier molecular flexibility index (Phi) is 7.63. The predicted octanol–water partition coefficient (Wildman–Crippen LogP) is 3.73. The molecule has 0 bridgehead atoms. The molecule has 39 heavy (non-hydrogen) atoms. The van der Waals surface area contributed by atoms with Crippen LogP contribution in [0.15, 0.2) is 53.7 Å². The Morgan fingerprint density at radius 3 is 2.46 bits per heavy atom. The number of aromatic nitrogens is 3. The highest BCUT2D eigenvalue weighted by Gasteiger charge is 2.52. The van der Waals surface area contributed by atoms with E-state index in [4.69, 9.17) is 14.0 Å². The fourth-order valence-electron chi connectivity index (χ4n) is 4.88. The molecule has 1 aromatic carbocycles. The lowest BCUT2D eigenvalue weighted by Gasteiger charge is -2.32. The van der Waals surface area contributed by atoms with Crippen LogP contribution in [-0.2, 0) is 9.31 Å². The molecular weight excluding hydrogens is 498 g/mol. The van der Waals surface area contributed by atoms with Crippen LogP contribution in [-0.4, -0.2) is 52.6 Å². The van der Waals surface area contributed by atoms with Crippen LogP contribution in [0.2, 0.25) is 0 Å². The first-order valence-electron chi connectivity index (χ1n) is 13.6. The van der Waals surface area contributed by atoms with Crippen molar-refractivity contribution in [1.82, 2.24) is 19.9 Å². The number of ether oxygens (including phenoxy) is 1. The lowest BCUT2D eigenvalue weighted by atomic mass is 9.80. The number of piperidine rings is 1. The van der Waals surface area contributed by atoms with Crippen LogP contribution >= 0.6 is 0 Å². The maximum absolute atomic E-state index is 14.8. The maximum Gasteiger partial charge on any atom is 0.496 e. The molecule has 0 saturated carbocycles. The summed E-state index contributed by atoms with van der Waals surface area (Å²) in [5.41, 5.74) is 0.193. The van der Waals surface area contributed by atoms with Crippen molar-refractivity contribution in [2.75, 3.05) is 19.7 Å². The number of halogens is 1. The Hall–Kier alpha value is -3.08. The van der Waals surface area contributed by atoms with Crippen molar-refractivity contribution in [3.8, 4) is 17.1 Å². The molecule has 10 heteroatoms. The third kappa shape index (κ3) is 5.78. The molecule has 2 aliphatic rings. The minimum Gasteiger partial charge on any atom is -0.490 e. The van der Waals surface area contributed by atoms with Gasteiger partial charge in [0.15, 0.2) is 17.4 Å². The van der Waals surface area contributed by atoms with Gasteiger partial charge in [0, 0.05) is 17.2 Å². The van der Waals surface area contributed by atoms with Gasteiger partial charge in [-0.3, -0.25) is 4.79 Å². The first kappa shape index (κ1) is 27.5. The number of hydrogen-bond acceptors (Lipinski definition) is 7. The fourth-order valence-corrected chi connectivity index (χ4v) is 4.88. The Bertz CT molecular complexity index is 1360. The van der Waals surface area contributed by atoms with Crippen LogP contribution in [0.1, 0.15) is 59.1 Å². The molecule has 8 nitrogen and oxygen atoms in total. The molecule has 1 atom stereocenters. The standard InChI is InChI=1S/C29H36BFN4O4/c1-19(35-17-23(14-25(31)27(35)36)30-38-28(2,3)29(4,5)39-30)21-7-6-8-22(13-21)26-33-15-24(16-34-26)37-18-20-9-11-32-12-10-20/h6-8,13-17,19-20,32H,9-12,18H2,1-5H3/t19-/m1/s1. The van der Waals surface area contributed by atoms with Gasteiger partial charge in [0.2, 0.25) is 0 Å². The van der Waals surface area contributed by atoms with Crippen molar-refractivity contribution in [1.29, 1.82) is 0 Å². The zero-order valence-electron chi connectivity index (χ0n) is 23.2. The van der Waals surface area contributed by atoms with E-state index >= 15 is 0 Å². The summed E-state index contributed by atoms with van der Waals surface area (Å²) in [7, 11) is -0.779. The van der Waals surface area contributed by atoms with Crippen molar-refractivity contribution in [3.63, 3.8) is 0 Å². The molecule has 0 spiro atoms. The first-order chi connectivity index (χ1) is 18.5. The van der Waals surface area contributed by atoms with Gasteiger partial charge in [-0.1, -0.05) is 18.2 Å². The number of hydrogen-bond donors (Lipinski definition) is 1. The highest BCUT2D eigenvalue weighted by molar-refractivity contribution is 6.62. The largest absolute Gasteiger partial charge is 0.496 e. The molecule has 0 amide bonds. The highest BCUT2D eigenvalue weighted by Crippen LogP contribution is 2.36. The third-order valence-electron chi connectivity index (χ3n) is 8.16. The van der Waals surface area contributed by atoms with E-state index < -0.39 is 35.7 Å². The molecular formula is C29H36BFN4O4. The summed E-state index contributed by atoms with van der Waals surface area (Å²) < 4.78 is 34.3. The molecule has 2 fully saturated rings. The van der Waals surface area contributed by atoms with Gasteiger partial charge in [0.25, 0.3) is 5.56 Å². The van der Waals surface area contributed by atoms with Crippen LogP contribution in [0.25, 0.3) is 11.4 Å². The second-order valence-corrected chi connectivity index (χ2v) is 11.5. The van der Waals surface area contributed by atoms with Gasteiger partial charge in [-0.2, -0.15) is 0 Å². The lowest BCUT2D eigenvalue weighted by molar-refractivity contribution is 0.00578. The zero-order valence-corrected chi connectivity index (χ0v) is 23.2. The smallest absolute Gasteiger partial charge is 0.490 e. The van der Waals surface area contributed by atoms with Crippen molar-refractivity contribution in [2.24, 2.45) is 5.92 Å². The molecule has 2 aliphatic heterocycles. The Balaban J connectivity index is 1.34. The van der Waals surface area contributed by atoms with Crippen LogP contribution in [0, 0.1) is 11.7 Å². The first-order valence-corrected chi connectivity index (χ1v) is 13.6. The van der Waals surface area contributed by atoms with E-state index in [1.807, 2.05) is 58.9 Å². The van der Waals surface area contributed by atoms with Gasteiger partial charge in [0.1, 0.15) is 0 Å². The quantitative estimate of drug-likeness (QED) is 0.463. The number of nitrogens with one attached hydrogen (secondary N) is 1. The lowest BCUT2D eigenvalue weighted by Crippen LogP contribution is -2.41. The minimum atomic E-state index is -0.853. The van der Waals surface area contributed by atoms with E-state index in [1.54, 1.807) is 18.6 Å². The van der Waals surface area contributed by atoms with Crippen molar-refractivity contribution in [3.05, 3.63) is 70.7 Å². The van der Waals surface area contributed by atoms with Gasteiger partial charge in [-0.15, -0.1) is 0 Å².